The topological polar surface area (TPSA) is 61.1 Å². The summed E-state index contributed by atoms with van der Waals surface area (Å²) in [7, 11) is 0. The predicted molar refractivity (Wildman–Crippen MR) is 87.3 cm³/mol. The standard InChI is InChI=1S/C20H27NO2/c1-18-8-5-14(22)11-13(18)3-4-15-16(18)6-9-19(2)17(15)7-10-20(19,23)12-21/h11,15-17,23H,3-10H2,1-2H3/t15-,16+,17+,18+,19+,20+/m1/s1/i12+1. The maximum absolute atomic E-state index is 11.8. The van der Waals surface area contributed by atoms with Crippen LogP contribution in [0.4, 0.5) is 0 Å². The fraction of sp³-hybridized carbons (Fsp3) is 0.800. The number of allylic oxidation sites excluding steroid dienone is 1. The zero-order valence-electron chi connectivity index (χ0n) is 14.3. The van der Waals surface area contributed by atoms with Gasteiger partial charge in [0.15, 0.2) is 11.4 Å². The molecule has 4 aliphatic carbocycles. The van der Waals surface area contributed by atoms with Crippen molar-refractivity contribution in [2.45, 2.75) is 70.8 Å². The van der Waals surface area contributed by atoms with Gasteiger partial charge in [0.25, 0.3) is 0 Å². The Labute approximate surface area is 138 Å². The van der Waals surface area contributed by atoms with Crippen molar-refractivity contribution in [3.8, 4) is 6.07 Å². The molecule has 0 aliphatic heterocycles. The summed E-state index contributed by atoms with van der Waals surface area (Å²) in [6.07, 6.45) is 9.42. The highest BCUT2D eigenvalue weighted by Gasteiger charge is 2.64. The summed E-state index contributed by atoms with van der Waals surface area (Å²) in [5, 5.41) is 20.4. The summed E-state index contributed by atoms with van der Waals surface area (Å²) in [6.45, 7) is 4.53. The third-order valence-electron chi connectivity index (χ3n) is 8.30. The van der Waals surface area contributed by atoms with E-state index in [1.165, 1.54) is 5.57 Å². The van der Waals surface area contributed by atoms with Crippen molar-refractivity contribution in [1.82, 2.24) is 0 Å². The van der Waals surface area contributed by atoms with E-state index in [4.69, 9.17) is 0 Å². The van der Waals surface area contributed by atoms with Gasteiger partial charge in [0.05, 0.1) is 6.07 Å². The van der Waals surface area contributed by atoms with Crippen LogP contribution in [0.2, 0.25) is 0 Å². The van der Waals surface area contributed by atoms with E-state index in [1.54, 1.807) is 0 Å². The summed E-state index contributed by atoms with van der Waals surface area (Å²) < 4.78 is 0. The second-order valence-corrected chi connectivity index (χ2v) is 8.94. The summed E-state index contributed by atoms with van der Waals surface area (Å²) in [5.74, 6) is 1.99. The van der Waals surface area contributed by atoms with Gasteiger partial charge >= 0.3 is 0 Å². The smallest absolute Gasteiger partial charge is 0.156 e. The molecule has 0 aromatic rings. The Bertz CT molecular complexity index is 632. The van der Waals surface area contributed by atoms with Crippen molar-refractivity contribution in [2.75, 3.05) is 0 Å². The zero-order valence-corrected chi connectivity index (χ0v) is 14.3. The Morgan fingerprint density at radius 2 is 1.87 bits per heavy atom. The fourth-order valence-electron chi connectivity index (χ4n) is 6.76. The number of hydrogen-bond donors (Lipinski definition) is 1. The van der Waals surface area contributed by atoms with Crippen LogP contribution in [-0.4, -0.2) is 16.5 Å². The number of aliphatic hydroxyl groups is 1. The lowest BCUT2D eigenvalue weighted by Gasteiger charge is -2.58. The van der Waals surface area contributed by atoms with Gasteiger partial charge in [0.2, 0.25) is 0 Å². The zero-order chi connectivity index (χ0) is 16.5. The molecule has 0 saturated heterocycles. The molecule has 3 nitrogen and oxygen atoms in total. The van der Waals surface area contributed by atoms with E-state index in [0.717, 1.165) is 38.5 Å². The molecule has 0 bridgehead atoms. The van der Waals surface area contributed by atoms with Crippen molar-refractivity contribution < 1.29 is 9.90 Å². The van der Waals surface area contributed by atoms with Gasteiger partial charge in [-0.15, -0.1) is 0 Å². The number of rotatable bonds is 0. The third kappa shape index (κ3) is 1.82. The molecule has 0 aromatic heterocycles. The molecule has 0 unspecified atom stereocenters. The molecule has 23 heavy (non-hydrogen) atoms. The predicted octanol–water partition coefficient (Wildman–Crippen LogP) is 3.77. The SMILES string of the molecule is C[C@]12CCC(=O)C=C1CC[C@@H]1[C@@H]2CC[C@@]2(C)[C@H]1CC[C@]2(O)[13C]#N. The average Bonchev–Trinajstić information content (AvgIpc) is 2.80. The van der Waals surface area contributed by atoms with Gasteiger partial charge in [-0.1, -0.05) is 19.4 Å². The van der Waals surface area contributed by atoms with Crippen LogP contribution >= 0.6 is 0 Å². The lowest BCUT2D eigenvalue weighted by Crippen LogP contribution is -2.54. The largest absolute Gasteiger partial charge is 0.375 e. The molecule has 0 spiro atoms. The van der Waals surface area contributed by atoms with E-state index in [9.17, 15) is 15.2 Å². The van der Waals surface area contributed by atoms with Gasteiger partial charge in [-0.05, 0) is 74.2 Å². The molecule has 3 fully saturated rings. The Morgan fingerprint density at radius 1 is 1.13 bits per heavy atom. The van der Waals surface area contributed by atoms with Crippen molar-refractivity contribution >= 4 is 5.78 Å². The summed E-state index contributed by atoms with van der Waals surface area (Å²) >= 11 is 0. The van der Waals surface area contributed by atoms with Crippen LogP contribution in [0.5, 0.6) is 0 Å². The van der Waals surface area contributed by atoms with E-state index >= 15 is 0 Å². The molecule has 0 aromatic carbocycles. The molecule has 6 atom stereocenters. The summed E-state index contributed by atoms with van der Waals surface area (Å²) in [6, 6.07) is 2.25. The van der Waals surface area contributed by atoms with Crippen LogP contribution < -0.4 is 0 Å². The lowest BCUT2D eigenvalue weighted by molar-refractivity contribution is -0.119. The van der Waals surface area contributed by atoms with Crippen LogP contribution in [0.3, 0.4) is 0 Å². The van der Waals surface area contributed by atoms with Gasteiger partial charge in [0, 0.05) is 11.8 Å². The molecule has 124 valence electrons. The van der Waals surface area contributed by atoms with E-state index in [2.05, 4.69) is 19.9 Å². The van der Waals surface area contributed by atoms with Gasteiger partial charge in [0.1, 0.15) is 0 Å². The Kier molecular flexibility index (Phi) is 3.14. The quantitative estimate of drug-likeness (QED) is 0.547. The van der Waals surface area contributed by atoms with Crippen LogP contribution in [0.1, 0.15) is 65.2 Å². The van der Waals surface area contributed by atoms with Gasteiger partial charge in [-0.3, -0.25) is 4.79 Å². The minimum absolute atomic E-state index is 0.172. The number of fused-ring (bicyclic) bond motifs is 5. The fourth-order valence-corrected chi connectivity index (χ4v) is 6.76. The van der Waals surface area contributed by atoms with Crippen molar-refractivity contribution in [2.24, 2.45) is 28.6 Å². The van der Waals surface area contributed by atoms with Gasteiger partial charge in [-0.25, -0.2) is 0 Å². The molecule has 1 N–H and O–H groups in total. The molecule has 3 saturated carbocycles. The Morgan fingerprint density at radius 3 is 2.61 bits per heavy atom. The van der Waals surface area contributed by atoms with E-state index < -0.39 is 5.60 Å². The second kappa shape index (κ2) is 4.70. The van der Waals surface area contributed by atoms with Crippen LogP contribution in [0.25, 0.3) is 0 Å². The monoisotopic (exact) mass is 314 g/mol. The second-order valence-electron chi connectivity index (χ2n) is 8.94. The number of hydrogen-bond acceptors (Lipinski definition) is 3. The normalized spacial score (nSPS) is 52.0. The Balaban J connectivity index is 1.70. The van der Waals surface area contributed by atoms with Crippen LogP contribution in [0.15, 0.2) is 11.6 Å². The number of ketones is 1. The van der Waals surface area contributed by atoms with E-state index in [1.807, 2.05) is 6.08 Å². The number of nitriles is 1. The minimum atomic E-state index is -1.14. The first-order valence-electron chi connectivity index (χ1n) is 9.22. The molecule has 4 rings (SSSR count). The molecular formula is C20H27NO2. The number of carbonyl (C=O) groups is 1. The van der Waals surface area contributed by atoms with Gasteiger partial charge in [-0.2, -0.15) is 5.26 Å². The van der Waals surface area contributed by atoms with E-state index in [0.29, 0.717) is 36.4 Å². The highest BCUT2D eigenvalue weighted by Crippen LogP contribution is 2.67. The molecular weight excluding hydrogens is 287 g/mol. The summed E-state index contributed by atoms with van der Waals surface area (Å²) in [4.78, 5) is 11.8. The molecule has 0 radical (unpaired) electrons. The van der Waals surface area contributed by atoms with Crippen molar-refractivity contribution in [1.29, 1.82) is 5.26 Å². The Hall–Kier alpha value is -1.14. The minimum Gasteiger partial charge on any atom is -0.375 e. The first-order chi connectivity index (χ1) is 10.8. The maximum atomic E-state index is 11.8. The summed E-state index contributed by atoms with van der Waals surface area (Å²) in [5.41, 5.74) is 0.172. The lowest BCUT2D eigenvalue weighted by atomic mass is 9.47. The van der Waals surface area contributed by atoms with Gasteiger partial charge < -0.3 is 5.11 Å². The van der Waals surface area contributed by atoms with Crippen molar-refractivity contribution in [3.05, 3.63) is 11.6 Å². The first-order valence-corrected chi connectivity index (χ1v) is 9.22. The molecule has 0 heterocycles. The number of carbonyl (C=O) groups excluding carboxylic acids is 1. The number of nitrogens with zero attached hydrogens (tertiary/aromatic N) is 1. The van der Waals surface area contributed by atoms with Crippen LogP contribution in [-0.2, 0) is 4.79 Å². The molecule has 3 heteroatoms. The van der Waals surface area contributed by atoms with E-state index in [-0.39, 0.29) is 10.8 Å². The van der Waals surface area contributed by atoms with Crippen LogP contribution in [0, 0.1) is 39.9 Å². The highest BCUT2D eigenvalue weighted by molar-refractivity contribution is 5.91. The molecule has 0 amide bonds. The highest BCUT2D eigenvalue weighted by atomic mass is 16.3. The molecule has 4 aliphatic rings. The first kappa shape index (κ1) is 15.4. The average molecular weight is 314 g/mol. The third-order valence-corrected chi connectivity index (χ3v) is 8.30. The van der Waals surface area contributed by atoms with Crippen molar-refractivity contribution in [3.63, 3.8) is 0 Å². The maximum Gasteiger partial charge on any atom is 0.156 e.